The fourth-order valence-corrected chi connectivity index (χ4v) is 3.18. The van der Waals surface area contributed by atoms with Gasteiger partial charge in [-0.05, 0) is 44.0 Å². The Labute approximate surface area is 138 Å². The molecule has 1 amide bonds. The van der Waals surface area contributed by atoms with Crippen molar-refractivity contribution < 1.29 is 18.7 Å². The third-order valence-electron chi connectivity index (χ3n) is 4.32. The quantitative estimate of drug-likeness (QED) is 0.935. The molecule has 1 aliphatic rings. The lowest BCUT2D eigenvalue weighted by Gasteiger charge is -2.25. The van der Waals surface area contributed by atoms with Gasteiger partial charge in [0.1, 0.15) is 6.54 Å². The summed E-state index contributed by atoms with van der Waals surface area (Å²) in [7, 11) is 0. The van der Waals surface area contributed by atoms with E-state index in [4.69, 9.17) is 0 Å². The van der Waals surface area contributed by atoms with Gasteiger partial charge in [-0.25, -0.2) is 8.78 Å². The molecule has 1 fully saturated rings. The molecule has 0 unspecified atom stereocenters. The molecule has 0 aliphatic carbocycles. The van der Waals surface area contributed by atoms with E-state index in [2.05, 4.69) is 5.10 Å². The molecule has 128 valence electrons. The number of likely N-dealkylation sites (tertiary alicyclic amines) is 1. The molecule has 1 aliphatic heterocycles. The van der Waals surface area contributed by atoms with E-state index in [1.54, 1.807) is 4.68 Å². The first kappa shape index (κ1) is 16.6. The van der Waals surface area contributed by atoms with E-state index in [-0.39, 0.29) is 19.0 Å². The van der Waals surface area contributed by atoms with Crippen molar-refractivity contribution in [2.24, 2.45) is 0 Å². The topological polar surface area (TPSA) is 58.4 Å². The number of β-amino-alcohol motifs (C(OH)–C–C–N with tert-alkyl or cyclic N) is 1. The van der Waals surface area contributed by atoms with Crippen molar-refractivity contribution in [2.75, 3.05) is 6.54 Å². The zero-order valence-electron chi connectivity index (χ0n) is 13.5. The molecule has 24 heavy (non-hydrogen) atoms. The first-order chi connectivity index (χ1) is 11.3. The van der Waals surface area contributed by atoms with Crippen molar-refractivity contribution in [2.45, 2.75) is 39.0 Å². The molecule has 7 heteroatoms. The molecule has 0 saturated carbocycles. The molecule has 2 aromatic rings. The lowest BCUT2D eigenvalue weighted by molar-refractivity contribution is -0.133. The Morgan fingerprint density at radius 1 is 1.29 bits per heavy atom. The van der Waals surface area contributed by atoms with Crippen LogP contribution in [0.3, 0.4) is 0 Å². The number of amides is 1. The molecule has 1 aromatic heterocycles. The van der Waals surface area contributed by atoms with Crippen LogP contribution in [-0.4, -0.2) is 38.3 Å². The van der Waals surface area contributed by atoms with Crippen molar-refractivity contribution in [3.8, 4) is 0 Å². The van der Waals surface area contributed by atoms with Gasteiger partial charge >= 0.3 is 0 Å². The Hall–Kier alpha value is -2.28. The fraction of sp³-hybridized carbons (Fsp3) is 0.412. The Balaban J connectivity index is 1.83. The summed E-state index contributed by atoms with van der Waals surface area (Å²) in [5.41, 5.74) is 2.16. The van der Waals surface area contributed by atoms with Crippen molar-refractivity contribution in [3.05, 3.63) is 52.9 Å². The molecule has 1 N–H and O–H groups in total. The number of carbonyl (C=O) groups excluding carboxylic acids is 1. The van der Waals surface area contributed by atoms with Gasteiger partial charge in [0.2, 0.25) is 5.91 Å². The maximum absolute atomic E-state index is 13.5. The zero-order chi connectivity index (χ0) is 17.4. The number of aliphatic hydroxyl groups excluding tert-OH is 1. The third-order valence-corrected chi connectivity index (χ3v) is 4.32. The number of hydrogen-bond acceptors (Lipinski definition) is 3. The highest BCUT2D eigenvalue weighted by Gasteiger charge is 2.35. The Kier molecular flexibility index (Phi) is 4.36. The van der Waals surface area contributed by atoms with E-state index in [9.17, 15) is 18.7 Å². The van der Waals surface area contributed by atoms with E-state index in [1.807, 2.05) is 19.9 Å². The molecule has 0 bridgehead atoms. The summed E-state index contributed by atoms with van der Waals surface area (Å²) in [6, 6.07) is 4.98. The standard InChI is InChI=1S/C17H19F2N3O2/c1-10-5-11(2)22(20-10)9-17(24)21-8-13(23)7-16(21)12-3-4-14(18)15(19)6-12/h3-6,13,16,23H,7-9H2,1-2H3/t13-,16+/m0/s1. The SMILES string of the molecule is Cc1cc(C)n(CC(=O)N2C[C@@H](O)C[C@@H]2c2ccc(F)c(F)c2)n1. The summed E-state index contributed by atoms with van der Waals surface area (Å²) >= 11 is 0. The fourth-order valence-electron chi connectivity index (χ4n) is 3.18. The average Bonchev–Trinajstić information content (AvgIpc) is 3.04. The van der Waals surface area contributed by atoms with E-state index in [0.29, 0.717) is 12.0 Å². The molecule has 2 atom stereocenters. The summed E-state index contributed by atoms with van der Waals surface area (Å²) in [4.78, 5) is 14.2. The van der Waals surface area contributed by atoms with Gasteiger partial charge in [0.15, 0.2) is 11.6 Å². The second-order valence-electron chi connectivity index (χ2n) is 6.21. The van der Waals surface area contributed by atoms with Crippen LogP contribution in [0.2, 0.25) is 0 Å². The molecule has 2 heterocycles. The second kappa shape index (κ2) is 6.32. The summed E-state index contributed by atoms with van der Waals surface area (Å²) in [6.07, 6.45) is -0.388. The molecule has 0 spiro atoms. The van der Waals surface area contributed by atoms with Crippen molar-refractivity contribution >= 4 is 5.91 Å². The first-order valence-electron chi connectivity index (χ1n) is 7.78. The van der Waals surface area contributed by atoms with Crippen LogP contribution in [0.4, 0.5) is 8.78 Å². The minimum absolute atomic E-state index is 0.0482. The minimum Gasteiger partial charge on any atom is -0.391 e. The number of aryl methyl sites for hydroxylation is 2. The molecule has 3 rings (SSSR count). The Morgan fingerprint density at radius 2 is 2.04 bits per heavy atom. The zero-order valence-corrected chi connectivity index (χ0v) is 13.5. The van der Waals surface area contributed by atoms with Crippen molar-refractivity contribution in [3.63, 3.8) is 0 Å². The Morgan fingerprint density at radius 3 is 2.67 bits per heavy atom. The summed E-state index contributed by atoms with van der Waals surface area (Å²) in [5.74, 6) is -2.11. The number of halogens is 2. The van der Waals surface area contributed by atoms with Gasteiger partial charge in [-0.3, -0.25) is 9.48 Å². The molecule has 1 saturated heterocycles. The molecular formula is C17H19F2N3O2. The maximum Gasteiger partial charge on any atom is 0.244 e. The molecule has 0 radical (unpaired) electrons. The van der Waals surface area contributed by atoms with Gasteiger partial charge in [-0.2, -0.15) is 5.10 Å². The lowest BCUT2D eigenvalue weighted by atomic mass is 10.0. The Bertz CT molecular complexity index is 775. The lowest BCUT2D eigenvalue weighted by Crippen LogP contribution is -2.35. The highest BCUT2D eigenvalue weighted by Crippen LogP contribution is 2.33. The van der Waals surface area contributed by atoms with Crippen LogP contribution in [0.25, 0.3) is 0 Å². The summed E-state index contributed by atoms with van der Waals surface area (Å²) in [6.45, 7) is 3.92. The summed E-state index contributed by atoms with van der Waals surface area (Å²) < 4.78 is 28.2. The third kappa shape index (κ3) is 3.17. The summed E-state index contributed by atoms with van der Waals surface area (Å²) in [5, 5.41) is 14.2. The maximum atomic E-state index is 13.5. The number of nitrogens with zero attached hydrogens (tertiary/aromatic N) is 3. The number of carbonyl (C=O) groups is 1. The predicted octanol–water partition coefficient (Wildman–Crippen LogP) is 2.11. The highest BCUT2D eigenvalue weighted by atomic mass is 19.2. The number of aliphatic hydroxyl groups is 1. The van der Waals surface area contributed by atoms with E-state index < -0.39 is 23.8 Å². The number of rotatable bonds is 3. The van der Waals surface area contributed by atoms with Gasteiger partial charge in [0, 0.05) is 12.2 Å². The van der Waals surface area contributed by atoms with Gasteiger partial charge < -0.3 is 10.0 Å². The van der Waals surface area contributed by atoms with Crippen LogP contribution in [0, 0.1) is 25.5 Å². The monoisotopic (exact) mass is 335 g/mol. The van der Waals surface area contributed by atoms with Crippen LogP contribution >= 0.6 is 0 Å². The van der Waals surface area contributed by atoms with Crippen molar-refractivity contribution in [1.82, 2.24) is 14.7 Å². The number of hydrogen-bond donors (Lipinski definition) is 1. The second-order valence-corrected chi connectivity index (χ2v) is 6.21. The van der Waals surface area contributed by atoms with Crippen LogP contribution in [0.5, 0.6) is 0 Å². The molecular weight excluding hydrogens is 316 g/mol. The number of benzene rings is 1. The van der Waals surface area contributed by atoms with Crippen LogP contribution in [0.15, 0.2) is 24.3 Å². The average molecular weight is 335 g/mol. The smallest absolute Gasteiger partial charge is 0.244 e. The number of aromatic nitrogens is 2. The van der Waals surface area contributed by atoms with Gasteiger partial charge in [-0.1, -0.05) is 6.07 Å². The van der Waals surface area contributed by atoms with Crippen molar-refractivity contribution in [1.29, 1.82) is 0 Å². The molecule has 1 aromatic carbocycles. The first-order valence-corrected chi connectivity index (χ1v) is 7.78. The van der Waals surface area contributed by atoms with E-state index >= 15 is 0 Å². The highest BCUT2D eigenvalue weighted by molar-refractivity contribution is 5.77. The van der Waals surface area contributed by atoms with Crippen LogP contribution in [0.1, 0.15) is 29.4 Å². The minimum atomic E-state index is -0.958. The van der Waals surface area contributed by atoms with Gasteiger partial charge in [0.05, 0.1) is 17.8 Å². The molecule has 5 nitrogen and oxygen atoms in total. The van der Waals surface area contributed by atoms with E-state index in [1.165, 1.54) is 11.0 Å². The van der Waals surface area contributed by atoms with E-state index in [0.717, 1.165) is 23.5 Å². The van der Waals surface area contributed by atoms with Crippen LogP contribution in [-0.2, 0) is 11.3 Å². The largest absolute Gasteiger partial charge is 0.391 e. The predicted molar refractivity (Wildman–Crippen MR) is 83.1 cm³/mol. The van der Waals surface area contributed by atoms with Crippen LogP contribution < -0.4 is 0 Å². The normalized spacial score (nSPS) is 20.6. The van der Waals surface area contributed by atoms with Gasteiger partial charge in [0.25, 0.3) is 0 Å². The van der Waals surface area contributed by atoms with Gasteiger partial charge in [-0.15, -0.1) is 0 Å².